The Morgan fingerprint density at radius 2 is 2.00 bits per heavy atom. The van der Waals surface area contributed by atoms with Gasteiger partial charge in [0.15, 0.2) is 11.5 Å². The zero-order valence-electron chi connectivity index (χ0n) is 11.1. The van der Waals surface area contributed by atoms with Crippen LogP contribution in [0.4, 0.5) is 0 Å². The molecule has 1 aliphatic carbocycles. The fourth-order valence-corrected chi connectivity index (χ4v) is 2.71. The van der Waals surface area contributed by atoms with Crippen LogP contribution >= 0.6 is 0 Å². The number of nitriles is 1. The second-order valence-corrected chi connectivity index (χ2v) is 5.25. The monoisotopic (exact) mass is 272 g/mol. The molecule has 1 aliphatic heterocycles. The van der Waals surface area contributed by atoms with Gasteiger partial charge < -0.3 is 14.8 Å². The predicted molar refractivity (Wildman–Crippen MR) is 71.3 cm³/mol. The minimum Gasteiger partial charge on any atom is -0.485 e. The van der Waals surface area contributed by atoms with Gasteiger partial charge in [0, 0.05) is 0 Å². The summed E-state index contributed by atoms with van der Waals surface area (Å²) in [6.45, 7) is 0.171. The van der Waals surface area contributed by atoms with Gasteiger partial charge in [-0.25, -0.2) is 0 Å². The van der Waals surface area contributed by atoms with Crippen LogP contribution in [0.3, 0.4) is 0 Å². The summed E-state index contributed by atoms with van der Waals surface area (Å²) in [6.07, 6.45) is 2.66. The molecule has 1 atom stereocenters. The minimum atomic E-state index is -0.725. The molecule has 1 saturated carbocycles. The van der Waals surface area contributed by atoms with Crippen LogP contribution in [0.25, 0.3) is 0 Å². The first-order chi connectivity index (χ1) is 9.72. The highest BCUT2D eigenvalue weighted by molar-refractivity contribution is 5.83. The van der Waals surface area contributed by atoms with Crippen molar-refractivity contribution in [1.29, 1.82) is 5.26 Å². The van der Waals surface area contributed by atoms with Crippen molar-refractivity contribution in [3.8, 4) is 17.6 Å². The summed E-state index contributed by atoms with van der Waals surface area (Å²) in [5.74, 6) is 0.937. The summed E-state index contributed by atoms with van der Waals surface area (Å²) in [4.78, 5) is 12.3. The van der Waals surface area contributed by atoms with E-state index >= 15 is 0 Å². The fraction of sp³-hybridized carbons (Fsp3) is 0.467. The van der Waals surface area contributed by atoms with Crippen molar-refractivity contribution in [2.75, 3.05) is 6.61 Å². The zero-order chi connectivity index (χ0) is 14.0. The third kappa shape index (κ3) is 2.29. The summed E-state index contributed by atoms with van der Waals surface area (Å²) in [6, 6.07) is 9.49. The molecule has 3 rings (SSSR count). The van der Waals surface area contributed by atoms with E-state index < -0.39 is 11.6 Å². The summed E-state index contributed by atoms with van der Waals surface area (Å²) in [5.41, 5.74) is -0.725. The Morgan fingerprint density at radius 3 is 2.70 bits per heavy atom. The number of para-hydroxylation sites is 2. The molecule has 0 saturated heterocycles. The summed E-state index contributed by atoms with van der Waals surface area (Å²) in [7, 11) is 0. The largest absolute Gasteiger partial charge is 0.485 e. The molecule has 1 heterocycles. The van der Waals surface area contributed by atoms with Gasteiger partial charge in [-0.1, -0.05) is 12.1 Å². The molecule has 5 heteroatoms. The van der Waals surface area contributed by atoms with Gasteiger partial charge in [-0.05, 0) is 37.8 Å². The van der Waals surface area contributed by atoms with Crippen molar-refractivity contribution in [1.82, 2.24) is 5.32 Å². The smallest absolute Gasteiger partial charge is 0.265 e. The van der Waals surface area contributed by atoms with E-state index in [1.165, 1.54) is 0 Å². The molecule has 1 aromatic carbocycles. The molecule has 5 nitrogen and oxygen atoms in total. The van der Waals surface area contributed by atoms with E-state index in [1.807, 2.05) is 12.1 Å². The number of nitrogens with one attached hydrogen (secondary N) is 1. The van der Waals surface area contributed by atoms with Crippen LogP contribution in [0.15, 0.2) is 24.3 Å². The molecule has 0 bridgehead atoms. The van der Waals surface area contributed by atoms with E-state index in [0.717, 1.165) is 12.8 Å². The summed E-state index contributed by atoms with van der Waals surface area (Å²) in [5, 5.41) is 12.1. The molecule has 0 spiro atoms. The lowest BCUT2D eigenvalue weighted by Gasteiger charge is -2.29. The average Bonchev–Trinajstić information content (AvgIpc) is 2.96. The van der Waals surface area contributed by atoms with E-state index in [4.69, 9.17) is 9.47 Å². The van der Waals surface area contributed by atoms with Gasteiger partial charge >= 0.3 is 0 Å². The number of hydrogen-bond donors (Lipinski definition) is 1. The first-order valence-electron chi connectivity index (χ1n) is 6.84. The third-order valence-electron chi connectivity index (χ3n) is 3.83. The summed E-state index contributed by atoms with van der Waals surface area (Å²) >= 11 is 0. The highest BCUT2D eigenvalue weighted by Crippen LogP contribution is 2.32. The molecule has 1 aromatic rings. The van der Waals surface area contributed by atoms with Gasteiger partial charge in [0.1, 0.15) is 12.1 Å². The molecular weight excluding hydrogens is 256 g/mol. The maximum atomic E-state index is 12.3. The molecule has 2 aliphatic rings. The van der Waals surface area contributed by atoms with Crippen LogP contribution < -0.4 is 14.8 Å². The van der Waals surface area contributed by atoms with Crippen LogP contribution in [0.5, 0.6) is 11.5 Å². The lowest BCUT2D eigenvalue weighted by atomic mass is 9.99. The average molecular weight is 272 g/mol. The Kier molecular flexibility index (Phi) is 3.23. The Bertz CT molecular complexity index is 558. The van der Waals surface area contributed by atoms with E-state index in [0.29, 0.717) is 24.3 Å². The molecule has 1 N–H and O–H groups in total. The van der Waals surface area contributed by atoms with Gasteiger partial charge in [0.2, 0.25) is 6.10 Å². The molecule has 20 heavy (non-hydrogen) atoms. The molecule has 1 amide bonds. The number of amides is 1. The molecular formula is C15H16N2O3. The van der Waals surface area contributed by atoms with Crippen LogP contribution in [-0.2, 0) is 4.79 Å². The van der Waals surface area contributed by atoms with Crippen molar-refractivity contribution in [3.05, 3.63) is 24.3 Å². The van der Waals surface area contributed by atoms with Gasteiger partial charge in [0.05, 0.1) is 6.07 Å². The normalized spacial score (nSPS) is 22.9. The quantitative estimate of drug-likeness (QED) is 0.890. The number of carbonyl (C=O) groups excluding carboxylic acids is 1. The van der Waals surface area contributed by atoms with E-state index in [2.05, 4.69) is 11.4 Å². The highest BCUT2D eigenvalue weighted by atomic mass is 16.6. The van der Waals surface area contributed by atoms with Crippen LogP contribution in [0.2, 0.25) is 0 Å². The number of nitrogens with zero attached hydrogens (tertiary/aromatic N) is 1. The number of rotatable bonds is 2. The first-order valence-corrected chi connectivity index (χ1v) is 6.84. The molecule has 0 radical (unpaired) electrons. The van der Waals surface area contributed by atoms with E-state index in [9.17, 15) is 10.1 Å². The number of benzene rings is 1. The number of hydrogen-bond acceptors (Lipinski definition) is 4. The molecule has 1 fully saturated rings. The van der Waals surface area contributed by atoms with Gasteiger partial charge in [0.25, 0.3) is 5.91 Å². The topological polar surface area (TPSA) is 71.4 Å². The Morgan fingerprint density at radius 1 is 1.30 bits per heavy atom. The lowest BCUT2D eigenvalue weighted by molar-refractivity contribution is -0.131. The van der Waals surface area contributed by atoms with Crippen LogP contribution in [0.1, 0.15) is 25.7 Å². The Hall–Kier alpha value is -2.22. The predicted octanol–water partition coefficient (Wildman–Crippen LogP) is 1.78. The van der Waals surface area contributed by atoms with Crippen molar-refractivity contribution in [2.24, 2.45) is 0 Å². The second kappa shape index (κ2) is 5.04. The Balaban J connectivity index is 1.69. The third-order valence-corrected chi connectivity index (χ3v) is 3.83. The first kappa shape index (κ1) is 12.8. The van der Waals surface area contributed by atoms with E-state index in [-0.39, 0.29) is 12.5 Å². The van der Waals surface area contributed by atoms with Gasteiger partial charge in [-0.2, -0.15) is 5.26 Å². The lowest BCUT2D eigenvalue weighted by Crippen LogP contribution is -2.52. The minimum absolute atomic E-state index is 0.171. The number of ether oxygens (including phenoxy) is 2. The molecule has 1 unspecified atom stereocenters. The van der Waals surface area contributed by atoms with Crippen molar-refractivity contribution in [2.45, 2.75) is 37.3 Å². The SMILES string of the molecule is N#CC1(NC(=O)C2COc3ccccc3O2)CCCC1. The standard InChI is InChI=1S/C15H16N2O3/c16-10-15(7-3-4-8-15)17-14(18)13-9-19-11-5-1-2-6-12(11)20-13/h1-2,5-6,13H,3-4,7-9H2,(H,17,18). The van der Waals surface area contributed by atoms with Crippen LogP contribution in [-0.4, -0.2) is 24.2 Å². The molecule has 0 aromatic heterocycles. The number of carbonyl (C=O) groups is 1. The maximum Gasteiger partial charge on any atom is 0.265 e. The van der Waals surface area contributed by atoms with Gasteiger partial charge in [-0.3, -0.25) is 4.79 Å². The number of fused-ring (bicyclic) bond motifs is 1. The second-order valence-electron chi connectivity index (χ2n) is 5.25. The van der Waals surface area contributed by atoms with Crippen molar-refractivity contribution in [3.63, 3.8) is 0 Å². The maximum absolute atomic E-state index is 12.3. The van der Waals surface area contributed by atoms with E-state index in [1.54, 1.807) is 12.1 Å². The van der Waals surface area contributed by atoms with Crippen molar-refractivity contribution >= 4 is 5.91 Å². The van der Waals surface area contributed by atoms with Crippen LogP contribution in [0, 0.1) is 11.3 Å². The van der Waals surface area contributed by atoms with Crippen molar-refractivity contribution < 1.29 is 14.3 Å². The Labute approximate surface area is 117 Å². The molecule has 104 valence electrons. The zero-order valence-corrected chi connectivity index (χ0v) is 11.1. The fourth-order valence-electron chi connectivity index (χ4n) is 2.71. The highest BCUT2D eigenvalue weighted by Gasteiger charge is 2.38. The summed E-state index contributed by atoms with van der Waals surface area (Å²) < 4.78 is 11.2. The van der Waals surface area contributed by atoms with Gasteiger partial charge in [-0.15, -0.1) is 0 Å².